The number of carbonyl (C=O) groups is 1. The van der Waals surface area contributed by atoms with Crippen molar-refractivity contribution in [3.05, 3.63) is 36.5 Å². The number of amides is 1. The Labute approximate surface area is 394 Å². The SMILES string of the molecule is CCCCCCCCCCCCCC/C=C\CCCCCCCCCCCCCCC(=O)NC(CO)C(O)C(O)CCC/C=C/CC/C=C/CCCCCCCCCCCCCC. The molecule has 0 aromatic heterocycles. The van der Waals surface area contributed by atoms with Gasteiger partial charge in [-0.05, 0) is 77.0 Å². The van der Waals surface area contributed by atoms with E-state index in [1.54, 1.807) is 0 Å². The second-order valence-corrected chi connectivity index (χ2v) is 19.5. The van der Waals surface area contributed by atoms with E-state index < -0.39 is 18.2 Å². The Balaban J connectivity index is 3.58. The fraction of sp³-hybridized carbons (Fsp3) is 0.879. The Kier molecular flexibility index (Phi) is 52.0. The Bertz CT molecular complexity index is 978. The fourth-order valence-corrected chi connectivity index (χ4v) is 8.82. The predicted octanol–water partition coefficient (Wildman–Crippen LogP) is 17.4. The van der Waals surface area contributed by atoms with Crippen molar-refractivity contribution in [1.29, 1.82) is 0 Å². The second kappa shape index (κ2) is 53.2. The molecule has 3 unspecified atom stereocenters. The third-order valence-electron chi connectivity index (χ3n) is 13.2. The van der Waals surface area contributed by atoms with E-state index in [-0.39, 0.29) is 12.5 Å². The molecular formula is C58H111NO4. The first-order valence-electron chi connectivity index (χ1n) is 28.3. The zero-order chi connectivity index (χ0) is 45.8. The monoisotopic (exact) mass is 886 g/mol. The summed E-state index contributed by atoms with van der Waals surface area (Å²) in [7, 11) is 0. The van der Waals surface area contributed by atoms with Gasteiger partial charge in [-0.3, -0.25) is 4.79 Å². The molecule has 0 bridgehead atoms. The van der Waals surface area contributed by atoms with Crippen LogP contribution in [0.3, 0.4) is 0 Å². The van der Waals surface area contributed by atoms with E-state index in [0.29, 0.717) is 12.8 Å². The van der Waals surface area contributed by atoms with E-state index in [1.165, 1.54) is 231 Å². The summed E-state index contributed by atoms with van der Waals surface area (Å²) >= 11 is 0. The van der Waals surface area contributed by atoms with E-state index in [4.69, 9.17) is 0 Å². The third kappa shape index (κ3) is 48.3. The number of aliphatic hydroxyl groups is 3. The first kappa shape index (κ1) is 61.6. The van der Waals surface area contributed by atoms with Crippen LogP contribution in [0, 0.1) is 0 Å². The average molecular weight is 887 g/mol. The molecule has 372 valence electrons. The molecule has 0 spiro atoms. The molecule has 5 heteroatoms. The summed E-state index contributed by atoms with van der Waals surface area (Å²) in [6.45, 7) is 4.20. The maximum absolute atomic E-state index is 12.5. The molecule has 0 aliphatic rings. The fourth-order valence-electron chi connectivity index (χ4n) is 8.82. The standard InChI is InChI=1S/C58H111NO4/c1-3-5-7-9-11-13-15-17-19-21-23-25-26-27-28-29-30-31-33-35-37-39-41-43-45-47-49-51-53-57(62)59-55(54-60)58(63)56(61)52-50-48-46-44-42-40-38-36-34-32-24-22-20-18-16-14-12-10-8-6-4-2/h27-28,36,38,44,46,55-56,58,60-61,63H,3-26,29-35,37,39-43,45,47-54H2,1-2H3,(H,59,62)/b28-27-,38-36+,46-44+. The van der Waals surface area contributed by atoms with Crippen molar-refractivity contribution in [2.45, 2.75) is 321 Å². The smallest absolute Gasteiger partial charge is 0.220 e. The van der Waals surface area contributed by atoms with Crippen LogP contribution in [-0.2, 0) is 4.79 Å². The van der Waals surface area contributed by atoms with Gasteiger partial charge in [-0.15, -0.1) is 0 Å². The molecule has 0 heterocycles. The van der Waals surface area contributed by atoms with Gasteiger partial charge >= 0.3 is 0 Å². The molecule has 0 aromatic carbocycles. The number of unbranched alkanes of at least 4 members (excludes halogenated alkanes) is 38. The molecule has 3 atom stereocenters. The van der Waals surface area contributed by atoms with Gasteiger partial charge in [-0.2, -0.15) is 0 Å². The van der Waals surface area contributed by atoms with Crippen molar-refractivity contribution in [3.8, 4) is 0 Å². The van der Waals surface area contributed by atoms with Crippen LogP contribution >= 0.6 is 0 Å². The van der Waals surface area contributed by atoms with Gasteiger partial charge < -0.3 is 20.6 Å². The summed E-state index contributed by atoms with van der Waals surface area (Å²) in [6.07, 6.45) is 68.7. The molecule has 0 aromatic rings. The van der Waals surface area contributed by atoms with Crippen molar-refractivity contribution in [1.82, 2.24) is 5.32 Å². The molecule has 4 N–H and O–H groups in total. The maximum atomic E-state index is 12.5. The van der Waals surface area contributed by atoms with Crippen LogP contribution in [0.4, 0.5) is 0 Å². The molecule has 0 aliphatic carbocycles. The average Bonchev–Trinajstić information content (AvgIpc) is 3.29. The predicted molar refractivity (Wildman–Crippen MR) is 278 cm³/mol. The largest absolute Gasteiger partial charge is 0.394 e. The minimum Gasteiger partial charge on any atom is -0.394 e. The van der Waals surface area contributed by atoms with Crippen LogP contribution < -0.4 is 5.32 Å². The van der Waals surface area contributed by atoms with Crippen molar-refractivity contribution in [3.63, 3.8) is 0 Å². The zero-order valence-corrected chi connectivity index (χ0v) is 42.5. The molecule has 1 amide bonds. The van der Waals surface area contributed by atoms with Gasteiger partial charge in [0, 0.05) is 6.42 Å². The van der Waals surface area contributed by atoms with Gasteiger partial charge in [0.2, 0.25) is 5.91 Å². The summed E-state index contributed by atoms with van der Waals surface area (Å²) in [5.41, 5.74) is 0. The summed E-state index contributed by atoms with van der Waals surface area (Å²) in [5, 5.41) is 33.7. The summed E-state index contributed by atoms with van der Waals surface area (Å²) in [6, 6.07) is -0.833. The van der Waals surface area contributed by atoms with Gasteiger partial charge in [0.25, 0.3) is 0 Å². The number of hydrogen-bond acceptors (Lipinski definition) is 4. The van der Waals surface area contributed by atoms with Gasteiger partial charge in [0.1, 0.15) is 6.10 Å². The van der Waals surface area contributed by atoms with Crippen LogP contribution in [0.15, 0.2) is 36.5 Å². The van der Waals surface area contributed by atoms with Crippen molar-refractivity contribution >= 4 is 5.91 Å². The summed E-state index contributed by atoms with van der Waals surface area (Å²) < 4.78 is 0. The first-order chi connectivity index (χ1) is 31.1. The molecule has 0 radical (unpaired) electrons. The Morgan fingerprint density at radius 3 is 0.968 bits per heavy atom. The number of carbonyl (C=O) groups excluding carboxylic acids is 1. The van der Waals surface area contributed by atoms with E-state index in [9.17, 15) is 20.1 Å². The van der Waals surface area contributed by atoms with Gasteiger partial charge in [0.05, 0.1) is 18.8 Å². The number of hydrogen-bond donors (Lipinski definition) is 4. The Hall–Kier alpha value is -1.43. The number of aliphatic hydroxyl groups excluding tert-OH is 3. The van der Waals surface area contributed by atoms with Gasteiger partial charge in [0.15, 0.2) is 0 Å². The number of rotatable bonds is 52. The van der Waals surface area contributed by atoms with Crippen LogP contribution in [0.2, 0.25) is 0 Å². The van der Waals surface area contributed by atoms with E-state index in [2.05, 4.69) is 55.6 Å². The minimum absolute atomic E-state index is 0.155. The lowest BCUT2D eigenvalue weighted by atomic mass is 10.0. The molecule has 5 nitrogen and oxygen atoms in total. The van der Waals surface area contributed by atoms with Gasteiger partial charge in [-0.25, -0.2) is 0 Å². The maximum Gasteiger partial charge on any atom is 0.220 e. The topological polar surface area (TPSA) is 89.8 Å². The van der Waals surface area contributed by atoms with Crippen LogP contribution in [0.5, 0.6) is 0 Å². The molecule has 0 saturated heterocycles. The molecule has 0 rings (SSSR count). The molecule has 0 saturated carbocycles. The molecular weight excluding hydrogens is 775 g/mol. The van der Waals surface area contributed by atoms with Crippen LogP contribution in [0.1, 0.15) is 303 Å². The zero-order valence-electron chi connectivity index (χ0n) is 42.5. The molecule has 0 aliphatic heterocycles. The highest BCUT2D eigenvalue weighted by molar-refractivity contribution is 5.76. The lowest BCUT2D eigenvalue weighted by Crippen LogP contribution is -2.50. The quantitative estimate of drug-likeness (QED) is 0.0362. The van der Waals surface area contributed by atoms with Crippen LogP contribution in [0.25, 0.3) is 0 Å². The van der Waals surface area contributed by atoms with E-state index in [0.717, 1.165) is 44.9 Å². The van der Waals surface area contributed by atoms with Crippen molar-refractivity contribution in [2.24, 2.45) is 0 Å². The van der Waals surface area contributed by atoms with Crippen molar-refractivity contribution < 1.29 is 20.1 Å². The highest BCUT2D eigenvalue weighted by Gasteiger charge is 2.26. The van der Waals surface area contributed by atoms with Crippen LogP contribution in [-0.4, -0.2) is 46.1 Å². The second-order valence-electron chi connectivity index (χ2n) is 19.5. The Morgan fingerprint density at radius 1 is 0.381 bits per heavy atom. The first-order valence-corrected chi connectivity index (χ1v) is 28.3. The molecule has 63 heavy (non-hydrogen) atoms. The normalized spacial score (nSPS) is 13.5. The van der Waals surface area contributed by atoms with E-state index >= 15 is 0 Å². The summed E-state index contributed by atoms with van der Waals surface area (Å²) in [5.74, 6) is -0.155. The third-order valence-corrected chi connectivity index (χ3v) is 13.2. The highest BCUT2D eigenvalue weighted by Crippen LogP contribution is 2.17. The Morgan fingerprint density at radius 2 is 0.651 bits per heavy atom. The van der Waals surface area contributed by atoms with Crippen molar-refractivity contribution in [2.75, 3.05) is 6.61 Å². The highest BCUT2D eigenvalue weighted by atomic mass is 16.3. The summed E-state index contributed by atoms with van der Waals surface area (Å²) in [4.78, 5) is 12.5. The number of nitrogens with one attached hydrogen (secondary N) is 1. The number of allylic oxidation sites excluding steroid dienone is 6. The lowest BCUT2D eigenvalue weighted by molar-refractivity contribution is -0.124. The minimum atomic E-state index is -1.17. The lowest BCUT2D eigenvalue weighted by Gasteiger charge is -2.26. The van der Waals surface area contributed by atoms with Gasteiger partial charge in [-0.1, -0.05) is 256 Å². The molecule has 0 fully saturated rings. The van der Waals surface area contributed by atoms with E-state index in [1.807, 2.05) is 0 Å².